The number of rotatable bonds is 7. The molecule has 1 heterocycles. The van der Waals surface area contributed by atoms with Gasteiger partial charge in [-0.1, -0.05) is 22.9 Å². The van der Waals surface area contributed by atoms with Crippen molar-refractivity contribution in [2.45, 2.75) is 19.8 Å². The molecule has 0 saturated carbocycles. The molecule has 1 aromatic heterocycles. The Labute approximate surface area is 115 Å². The Morgan fingerprint density at radius 3 is 3.06 bits per heavy atom. The maximum absolute atomic E-state index is 11.8. The normalized spacial score (nSPS) is 12.2. The topological polar surface area (TPSA) is 38.3 Å². The van der Waals surface area contributed by atoms with Crippen LogP contribution in [0.4, 0.5) is 0 Å². The highest BCUT2D eigenvalue weighted by molar-refractivity contribution is 9.09. The minimum atomic E-state index is -0.0386. The third kappa shape index (κ3) is 4.68. The number of carbonyl (C=O) groups excluding carboxylic acids is 1. The fourth-order valence-corrected chi connectivity index (χ4v) is 2.53. The molecule has 0 fully saturated rings. The molecule has 5 heteroatoms. The molecule has 0 aliphatic carbocycles. The lowest BCUT2D eigenvalue weighted by Crippen LogP contribution is -2.24. The molecule has 0 aliphatic rings. The molecule has 0 saturated heterocycles. The second kappa shape index (κ2) is 7.71. The average molecular weight is 320 g/mol. The van der Waals surface area contributed by atoms with Crippen LogP contribution >= 0.6 is 27.3 Å². The Balaban J connectivity index is 2.30. The van der Waals surface area contributed by atoms with Crippen LogP contribution < -0.4 is 10.1 Å². The first-order valence-electron chi connectivity index (χ1n) is 5.64. The van der Waals surface area contributed by atoms with Crippen molar-refractivity contribution in [3.63, 3.8) is 0 Å². The van der Waals surface area contributed by atoms with Crippen LogP contribution in [0.3, 0.4) is 0 Å². The molecule has 0 spiro atoms. The number of amides is 1. The summed E-state index contributed by atoms with van der Waals surface area (Å²) in [7, 11) is 1.58. The number of carbonyl (C=O) groups is 1. The number of methoxy groups -OCH3 is 1. The molecule has 0 aliphatic heterocycles. The molecule has 0 radical (unpaired) electrons. The van der Waals surface area contributed by atoms with Crippen molar-refractivity contribution in [3.05, 3.63) is 16.3 Å². The molecular weight excluding hydrogens is 302 g/mol. The highest BCUT2D eigenvalue weighted by Gasteiger charge is 2.12. The third-order valence-corrected chi connectivity index (χ3v) is 4.48. The van der Waals surface area contributed by atoms with Crippen molar-refractivity contribution >= 4 is 33.2 Å². The van der Waals surface area contributed by atoms with Gasteiger partial charge in [0.1, 0.15) is 10.6 Å². The van der Waals surface area contributed by atoms with E-state index in [0.29, 0.717) is 16.5 Å². The zero-order chi connectivity index (χ0) is 12.7. The number of halogens is 1. The summed E-state index contributed by atoms with van der Waals surface area (Å²) in [6.07, 6.45) is 2.12. The third-order valence-electron chi connectivity index (χ3n) is 2.48. The summed E-state index contributed by atoms with van der Waals surface area (Å²) < 4.78 is 5.11. The first-order valence-corrected chi connectivity index (χ1v) is 7.64. The summed E-state index contributed by atoms with van der Waals surface area (Å²) in [5, 5.41) is 5.79. The van der Waals surface area contributed by atoms with Crippen molar-refractivity contribution in [1.82, 2.24) is 5.32 Å². The number of nitrogens with one attached hydrogen (secondary N) is 1. The average Bonchev–Trinajstić information content (AvgIpc) is 2.82. The Hall–Kier alpha value is -0.550. The monoisotopic (exact) mass is 319 g/mol. The maximum atomic E-state index is 11.8. The minimum absolute atomic E-state index is 0.0386. The van der Waals surface area contributed by atoms with Gasteiger partial charge in [-0.15, -0.1) is 11.3 Å². The van der Waals surface area contributed by atoms with E-state index in [1.54, 1.807) is 7.11 Å². The molecule has 1 unspecified atom stereocenters. The van der Waals surface area contributed by atoms with E-state index in [1.165, 1.54) is 11.3 Å². The highest BCUT2D eigenvalue weighted by Crippen LogP contribution is 2.23. The molecule has 1 amide bonds. The summed E-state index contributed by atoms with van der Waals surface area (Å²) in [6.45, 7) is 2.91. The molecular formula is C12H18BrNO2S. The maximum Gasteiger partial charge on any atom is 0.265 e. The Bertz CT molecular complexity index is 354. The van der Waals surface area contributed by atoms with Crippen LogP contribution in [0.25, 0.3) is 0 Å². The summed E-state index contributed by atoms with van der Waals surface area (Å²) >= 11 is 4.85. The highest BCUT2D eigenvalue weighted by atomic mass is 79.9. The van der Waals surface area contributed by atoms with Gasteiger partial charge in [0.25, 0.3) is 5.91 Å². The first kappa shape index (κ1) is 14.5. The van der Waals surface area contributed by atoms with Gasteiger partial charge in [-0.2, -0.15) is 0 Å². The number of hydrogen-bond donors (Lipinski definition) is 1. The van der Waals surface area contributed by atoms with Crippen LogP contribution in [0, 0.1) is 5.92 Å². The van der Waals surface area contributed by atoms with E-state index >= 15 is 0 Å². The number of alkyl halides is 1. The van der Waals surface area contributed by atoms with Gasteiger partial charge >= 0.3 is 0 Å². The first-order chi connectivity index (χ1) is 8.19. The summed E-state index contributed by atoms with van der Waals surface area (Å²) in [6, 6.07) is 1.81. The quantitative estimate of drug-likeness (QED) is 0.618. The molecule has 0 aromatic carbocycles. The van der Waals surface area contributed by atoms with E-state index in [2.05, 4.69) is 28.2 Å². The standard InChI is InChI=1S/C12H18BrNO2S/c1-9(8-13)4-3-6-14-12(15)11-10(16-2)5-7-17-11/h5,7,9H,3-4,6,8H2,1-2H3,(H,14,15). The van der Waals surface area contributed by atoms with E-state index in [-0.39, 0.29) is 5.91 Å². The van der Waals surface area contributed by atoms with Crippen molar-refractivity contribution in [1.29, 1.82) is 0 Å². The number of hydrogen-bond acceptors (Lipinski definition) is 3. The Morgan fingerprint density at radius 2 is 2.41 bits per heavy atom. The second-order valence-corrected chi connectivity index (χ2v) is 5.54. The van der Waals surface area contributed by atoms with Gasteiger partial charge < -0.3 is 10.1 Å². The molecule has 96 valence electrons. The summed E-state index contributed by atoms with van der Waals surface area (Å²) in [5.74, 6) is 1.27. The molecule has 1 rings (SSSR count). The van der Waals surface area contributed by atoms with E-state index < -0.39 is 0 Å². The smallest absolute Gasteiger partial charge is 0.265 e. The SMILES string of the molecule is COc1ccsc1C(=O)NCCCC(C)CBr. The van der Waals surface area contributed by atoms with Crippen LogP contribution in [0.1, 0.15) is 29.4 Å². The van der Waals surface area contributed by atoms with Crippen LogP contribution in [0.5, 0.6) is 5.75 Å². The number of thiophene rings is 1. The van der Waals surface area contributed by atoms with Crippen LogP contribution in [0.2, 0.25) is 0 Å². The zero-order valence-corrected chi connectivity index (χ0v) is 12.6. The lowest BCUT2D eigenvalue weighted by atomic mass is 10.1. The van der Waals surface area contributed by atoms with Gasteiger partial charge in [0.15, 0.2) is 0 Å². The molecule has 1 aromatic rings. The summed E-state index contributed by atoms with van der Waals surface area (Å²) in [4.78, 5) is 12.5. The fraction of sp³-hybridized carbons (Fsp3) is 0.583. The van der Waals surface area contributed by atoms with E-state index in [4.69, 9.17) is 4.74 Å². The second-order valence-electron chi connectivity index (χ2n) is 3.98. The van der Waals surface area contributed by atoms with Crippen LogP contribution in [-0.2, 0) is 0 Å². The van der Waals surface area contributed by atoms with Gasteiger partial charge in [0, 0.05) is 11.9 Å². The van der Waals surface area contributed by atoms with Gasteiger partial charge in [-0.25, -0.2) is 0 Å². The van der Waals surface area contributed by atoms with Gasteiger partial charge in [-0.3, -0.25) is 4.79 Å². The lowest BCUT2D eigenvalue weighted by Gasteiger charge is -2.08. The Morgan fingerprint density at radius 1 is 1.65 bits per heavy atom. The lowest BCUT2D eigenvalue weighted by molar-refractivity contribution is 0.0954. The Kier molecular flexibility index (Phi) is 6.58. The van der Waals surface area contributed by atoms with Crippen molar-refractivity contribution in [2.75, 3.05) is 19.0 Å². The predicted molar refractivity (Wildman–Crippen MR) is 75.4 cm³/mol. The molecule has 1 N–H and O–H groups in total. The van der Waals surface area contributed by atoms with E-state index in [0.717, 1.165) is 24.7 Å². The minimum Gasteiger partial charge on any atom is -0.495 e. The van der Waals surface area contributed by atoms with Gasteiger partial charge in [-0.05, 0) is 30.2 Å². The van der Waals surface area contributed by atoms with Crippen molar-refractivity contribution in [3.8, 4) is 5.75 Å². The van der Waals surface area contributed by atoms with Crippen molar-refractivity contribution < 1.29 is 9.53 Å². The zero-order valence-electron chi connectivity index (χ0n) is 10.2. The van der Waals surface area contributed by atoms with Gasteiger partial charge in [0.2, 0.25) is 0 Å². The van der Waals surface area contributed by atoms with Crippen LogP contribution in [0.15, 0.2) is 11.4 Å². The van der Waals surface area contributed by atoms with E-state index in [1.807, 2.05) is 11.4 Å². The van der Waals surface area contributed by atoms with Crippen molar-refractivity contribution in [2.24, 2.45) is 5.92 Å². The molecule has 17 heavy (non-hydrogen) atoms. The van der Waals surface area contributed by atoms with Crippen LogP contribution in [-0.4, -0.2) is 24.9 Å². The molecule has 1 atom stereocenters. The van der Waals surface area contributed by atoms with E-state index in [9.17, 15) is 4.79 Å². The molecule has 0 bridgehead atoms. The summed E-state index contributed by atoms with van der Waals surface area (Å²) in [5.41, 5.74) is 0. The molecule has 3 nitrogen and oxygen atoms in total. The fourth-order valence-electron chi connectivity index (χ4n) is 1.43. The largest absolute Gasteiger partial charge is 0.495 e. The van der Waals surface area contributed by atoms with Gasteiger partial charge in [0.05, 0.1) is 7.11 Å². The number of ether oxygens (including phenoxy) is 1. The predicted octanol–water partition coefficient (Wildman–Crippen LogP) is 3.30.